The molecule has 0 N–H and O–H groups in total. The molecular weight excluding hydrogens is 290 g/mol. The lowest BCUT2D eigenvalue weighted by atomic mass is 10.1. The molecule has 0 aliphatic carbocycles. The van der Waals surface area contributed by atoms with Gasteiger partial charge in [-0.1, -0.05) is 39.7 Å². The number of aliphatic imine (C=N–C) groups is 1. The van der Waals surface area contributed by atoms with Gasteiger partial charge >= 0.3 is 0 Å². The summed E-state index contributed by atoms with van der Waals surface area (Å²) in [4.78, 5) is 4.68. The van der Waals surface area contributed by atoms with Crippen molar-refractivity contribution < 1.29 is 13.7 Å². The molecule has 3 rings (SSSR count). The van der Waals surface area contributed by atoms with Crippen LogP contribution in [0.5, 0.6) is 0 Å². The van der Waals surface area contributed by atoms with E-state index in [1.54, 1.807) is 0 Å². The molecule has 2 aliphatic rings. The van der Waals surface area contributed by atoms with E-state index in [1.807, 2.05) is 22.4 Å². The summed E-state index contributed by atoms with van der Waals surface area (Å²) in [5.41, 5.74) is 0.852. The van der Waals surface area contributed by atoms with Crippen molar-refractivity contribution in [1.82, 2.24) is 0 Å². The van der Waals surface area contributed by atoms with E-state index in [2.05, 4.69) is 44.7 Å². The highest BCUT2D eigenvalue weighted by atomic mass is 16.5. The highest BCUT2D eigenvalue weighted by Gasteiger charge is 2.27. The predicted molar refractivity (Wildman–Crippen MR) is 89.5 cm³/mol. The second kappa shape index (κ2) is 6.22. The fourth-order valence-corrected chi connectivity index (χ4v) is 2.66. The zero-order valence-corrected chi connectivity index (χ0v) is 14.3. The van der Waals surface area contributed by atoms with Crippen molar-refractivity contribution in [3.8, 4) is 0 Å². The van der Waals surface area contributed by atoms with E-state index in [9.17, 15) is 0 Å². The highest BCUT2D eigenvalue weighted by molar-refractivity contribution is 5.91. The molecule has 1 saturated heterocycles. The topological polar surface area (TPSA) is 50.8 Å². The Labute approximate surface area is 137 Å². The van der Waals surface area contributed by atoms with Crippen LogP contribution in [0.25, 0.3) is 11.2 Å². The van der Waals surface area contributed by atoms with Gasteiger partial charge < -0.3 is 14.8 Å². The second-order valence-corrected chi connectivity index (χ2v) is 6.84. The van der Waals surface area contributed by atoms with E-state index in [0.717, 1.165) is 11.0 Å². The Morgan fingerprint density at radius 1 is 1.17 bits per heavy atom. The normalized spacial score (nSPS) is 26.1. The fraction of sp³-hybridized carbons (Fsp3) is 0.556. The number of aromatic nitrogens is 1. The molecule has 1 aromatic heterocycles. The number of ether oxygens (including phenoxy) is 2. The molecule has 0 saturated carbocycles. The molecule has 5 heteroatoms. The van der Waals surface area contributed by atoms with Crippen molar-refractivity contribution in [2.24, 2.45) is 16.8 Å². The highest BCUT2D eigenvalue weighted by Crippen LogP contribution is 2.26. The largest absolute Gasteiger partial charge is 0.643 e. The Kier molecular flexibility index (Phi) is 4.28. The molecule has 1 fully saturated rings. The van der Waals surface area contributed by atoms with Crippen LogP contribution in [0.15, 0.2) is 23.2 Å². The molecule has 23 heavy (non-hydrogen) atoms. The maximum atomic E-state index is 5.78. The van der Waals surface area contributed by atoms with Crippen molar-refractivity contribution >= 4 is 11.8 Å². The van der Waals surface area contributed by atoms with E-state index >= 15 is 0 Å². The van der Waals surface area contributed by atoms with E-state index in [-0.39, 0.29) is 12.1 Å². The zero-order valence-electron chi connectivity index (χ0n) is 14.3. The number of pyridine rings is 1. The third-order valence-electron chi connectivity index (χ3n) is 4.41. The van der Waals surface area contributed by atoms with Crippen LogP contribution in [0.1, 0.15) is 33.4 Å². The molecule has 5 nitrogen and oxygen atoms in total. The molecule has 124 valence electrons. The fourth-order valence-electron chi connectivity index (χ4n) is 2.66. The number of nitrogens with zero attached hydrogens (tertiary/aromatic N) is 3. The lowest BCUT2D eigenvalue weighted by Crippen LogP contribution is -2.42. The van der Waals surface area contributed by atoms with Gasteiger partial charge in [0.15, 0.2) is 0 Å². The van der Waals surface area contributed by atoms with E-state index in [4.69, 9.17) is 9.47 Å². The van der Waals surface area contributed by atoms with E-state index < -0.39 is 0 Å². The average molecular weight is 315 g/mol. The lowest BCUT2D eigenvalue weighted by Gasteiger charge is -2.23. The smallest absolute Gasteiger partial charge is 0.284 e. The van der Waals surface area contributed by atoms with Crippen LogP contribution in [-0.2, 0) is 9.47 Å². The quantitative estimate of drug-likeness (QED) is 0.800. The second-order valence-electron chi connectivity index (χ2n) is 6.84. The van der Waals surface area contributed by atoms with Gasteiger partial charge in [0.05, 0.1) is 18.5 Å². The van der Waals surface area contributed by atoms with Crippen LogP contribution in [0.4, 0.5) is 0 Å². The number of hydrogen-bond acceptors (Lipinski definition) is 3. The van der Waals surface area contributed by atoms with Gasteiger partial charge in [-0.2, -0.15) is 4.24 Å². The monoisotopic (exact) mass is 315 g/mol. The van der Waals surface area contributed by atoms with E-state index in [0.29, 0.717) is 36.8 Å². The first-order chi connectivity index (χ1) is 11.0. The maximum Gasteiger partial charge on any atom is 0.284 e. The number of rotatable bonds is 3. The Morgan fingerprint density at radius 3 is 2.57 bits per heavy atom. The summed E-state index contributed by atoms with van der Waals surface area (Å²) >= 11 is 0. The minimum atomic E-state index is 0.207. The van der Waals surface area contributed by atoms with Gasteiger partial charge in [0.1, 0.15) is 13.3 Å². The predicted octanol–water partition coefficient (Wildman–Crippen LogP) is 1.91. The van der Waals surface area contributed by atoms with Gasteiger partial charge in [0.25, 0.3) is 11.6 Å². The van der Waals surface area contributed by atoms with Crippen molar-refractivity contribution in [2.75, 3.05) is 13.2 Å². The first-order valence-corrected chi connectivity index (χ1v) is 8.25. The summed E-state index contributed by atoms with van der Waals surface area (Å²) in [5, 5.41) is 5.53. The summed E-state index contributed by atoms with van der Waals surface area (Å²) < 4.78 is 13.4. The number of hydrogen-bond donors (Lipinski definition) is 0. The Morgan fingerprint density at radius 2 is 1.96 bits per heavy atom. The van der Waals surface area contributed by atoms with E-state index in [1.165, 1.54) is 0 Å². The molecule has 0 bridgehead atoms. The third kappa shape index (κ3) is 3.05. The first kappa shape index (κ1) is 15.8. The molecule has 2 aliphatic heterocycles. The summed E-state index contributed by atoms with van der Waals surface area (Å²) in [6, 6.07) is 6.31. The standard InChI is InChI=1S/C18H25N3O2/c1-11(2)13-9-22-17(19-13)15-7-6-8-16(21(15)5)18-20-14(10-23-18)12(3)4/h6-8,11-14H,5,9-10H2,1-4H3/t13-,14-/m0/s1. The van der Waals surface area contributed by atoms with Crippen LogP contribution in [0.2, 0.25) is 0 Å². The Hall–Kier alpha value is -2.04. The SMILES string of the molecule is C=[n+]1c(C2=N[C@H](C(C)C)CO2)cccc1=C1[N-][C@H](C(C)C)CO1. The Balaban J connectivity index is 1.98. The van der Waals surface area contributed by atoms with Crippen LogP contribution in [-0.4, -0.2) is 31.2 Å². The molecule has 0 unspecified atom stereocenters. The van der Waals surface area contributed by atoms with Gasteiger partial charge in [-0.15, -0.1) is 0 Å². The van der Waals surface area contributed by atoms with Crippen LogP contribution in [0.3, 0.4) is 0 Å². The molecule has 0 aromatic carbocycles. The van der Waals surface area contributed by atoms with Crippen LogP contribution >= 0.6 is 0 Å². The molecule has 3 heterocycles. The average Bonchev–Trinajstić information content (AvgIpc) is 3.17. The minimum Gasteiger partial charge on any atom is -0.643 e. The van der Waals surface area contributed by atoms with Crippen molar-refractivity contribution in [3.05, 3.63) is 41.3 Å². The first-order valence-electron chi connectivity index (χ1n) is 8.25. The van der Waals surface area contributed by atoms with Gasteiger partial charge in [-0.3, -0.25) is 0 Å². The molecule has 0 amide bonds. The van der Waals surface area contributed by atoms with Gasteiger partial charge in [0.2, 0.25) is 5.35 Å². The molecular formula is C18H25N3O2. The minimum absolute atomic E-state index is 0.207. The summed E-state index contributed by atoms with van der Waals surface area (Å²) in [6.07, 6.45) is 0. The van der Waals surface area contributed by atoms with Crippen LogP contribution < -0.4 is 9.59 Å². The summed E-state index contributed by atoms with van der Waals surface area (Å²) in [5.74, 6) is 2.23. The maximum absolute atomic E-state index is 5.78. The summed E-state index contributed by atoms with van der Waals surface area (Å²) in [6.45, 7) is 14.0. The molecule has 2 atom stereocenters. The van der Waals surface area contributed by atoms with Gasteiger partial charge in [-0.05, 0) is 12.0 Å². The van der Waals surface area contributed by atoms with Crippen molar-refractivity contribution in [2.45, 2.75) is 39.8 Å². The summed E-state index contributed by atoms with van der Waals surface area (Å²) in [7, 11) is 0. The lowest BCUT2D eigenvalue weighted by molar-refractivity contribution is -0.517. The zero-order chi connectivity index (χ0) is 16.6. The van der Waals surface area contributed by atoms with Crippen LogP contribution in [0, 0.1) is 18.6 Å². The Bertz CT molecular complexity index is 724. The molecule has 0 spiro atoms. The molecule has 0 radical (unpaired) electrons. The molecule has 1 aromatic rings. The van der Waals surface area contributed by atoms with Crippen molar-refractivity contribution in [3.63, 3.8) is 0 Å². The third-order valence-corrected chi connectivity index (χ3v) is 4.41. The van der Waals surface area contributed by atoms with Gasteiger partial charge in [-0.25, -0.2) is 4.99 Å². The van der Waals surface area contributed by atoms with Crippen molar-refractivity contribution in [1.29, 1.82) is 0 Å². The van der Waals surface area contributed by atoms with Gasteiger partial charge in [0, 0.05) is 12.1 Å².